The van der Waals surface area contributed by atoms with Gasteiger partial charge >= 0.3 is 17.9 Å². The van der Waals surface area contributed by atoms with E-state index in [-0.39, 0.29) is 31.1 Å². The standard InChI is InChI=1S/C56H104O6/c1-4-7-10-13-15-17-19-21-23-24-25-26-27-28-29-30-31-33-34-36-38-40-43-46-49-55(58)61-52-53(51-60-54(57)48-45-42-12-9-6-3)62-56(59)50-47-44-41-39-37-35-32-22-20-18-16-14-11-8-5-2/h16,18,22,32,53H,4-15,17,19-21,23-31,33-52H2,1-3H3/b18-16-,32-22-. The van der Waals surface area contributed by atoms with E-state index >= 15 is 0 Å². The maximum absolute atomic E-state index is 12.7. The molecule has 0 saturated heterocycles. The van der Waals surface area contributed by atoms with E-state index in [0.29, 0.717) is 19.3 Å². The Morgan fingerprint density at radius 3 is 0.919 bits per heavy atom. The third kappa shape index (κ3) is 48.9. The first-order valence-corrected chi connectivity index (χ1v) is 27.3. The molecule has 0 aromatic rings. The first-order chi connectivity index (χ1) is 30.5. The number of allylic oxidation sites excluding steroid dienone is 4. The van der Waals surface area contributed by atoms with Crippen molar-refractivity contribution in [3.8, 4) is 0 Å². The first-order valence-electron chi connectivity index (χ1n) is 27.3. The van der Waals surface area contributed by atoms with Gasteiger partial charge in [-0.3, -0.25) is 14.4 Å². The number of esters is 3. The normalized spacial score (nSPS) is 12.1. The number of rotatable bonds is 50. The van der Waals surface area contributed by atoms with Gasteiger partial charge in [0.05, 0.1) is 0 Å². The SMILES string of the molecule is CCCCC/C=C\C/C=C\CCCCCCCC(=O)OC(COC(=O)CCCCCCC)COC(=O)CCCCCCCCCCCCCCCCCCCCCCCCCC. The highest BCUT2D eigenvalue weighted by Gasteiger charge is 2.19. The predicted molar refractivity (Wildman–Crippen MR) is 266 cm³/mol. The van der Waals surface area contributed by atoms with Crippen molar-refractivity contribution in [2.24, 2.45) is 0 Å². The van der Waals surface area contributed by atoms with Crippen molar-refractivity contribution in [1.29, 1.82) is 0 Å². The molecule has 6 nitrogen and oxygen atoms in total. The van der Waals surface area contributed by atoms with Crippen LogP contribution in [0.3, 0.4) is 0 Å². The predicted octanol–water partition coefficient (Wildman–Crippen LogP) is 17.9. The zero-order valence-corrected chi connectivity index (χ0v) is 41.7. The molecule has 1 unspecified atom stereocenters. The van der Waals surface area contributed by atoms with Crippen LogP contribution < -0.4 is 0 Å². The number of carbonyl (C=O) groups is 3. The number of carbonyl (C=O) groups excluding carboxylic acids is 3. The Balaban J connectivity index is 4.04. The molecule has 0 amide bonds. The van der Waals surface area contributed by atoms with Crippen LogP contribution in [0.15, 0.2) is 24.3 Å². The van der Waals surface area contributed by atoms with Crippen LogP contribution in [-0.4, -0.2) is 37.2 Å². The second kappa shape index (κ2) is 51.5. The van der Waals surface area contributed by atoms with Crippen molar-refractivity contribution in [3.63, 3.8) is 0 Å². The molecular weight excluding hydrogens is 769 g/mol. The summed E-state index contributed by atoms with van der Waals surface area (Å²) < 4.78 is 16.7. The summed E-state index contributed by atoms with van der Waals surface area (Å²) >= 11 is 0. The van der Waals surface area contributed by atoms with Gasteiger partial charge in [0.2, 0.25) is 0 Å². The van der Waals surface area contributed by atoms with Gasteiger partial charge in [-0.2, -0.15) is 0 Å². The van der Waals surface area contributed by atoms with E-state index in [1.54, 1.807) is 0 Å². The van der Waals surface area contributed by atoms with Crippen LogP contribution in [0.2, 0.25) is 0 Å². The van der Waals surface area contributed by atoms with Crippen LogP contribution in [0.25, 0.3) is 0 Å². The molecule has 0 heterocycles. The van der Waals surface area contributed by atoms with Gasteiger partial charge in [-0.15, -0.1) is 0 Å². The summed E-state index contributed by atoms with van der Waals surface area (Å²) in [6, 6.07) is 0. The first kappa shape index (κ1) is 59.9. The molecule has 6 heteroatoms. The zero-order valence-electron chi connectivity index (χ0n) is 41.7. The van der Waals surface area contributed by atoms with E-state index in [1.807, 2.05) is 0 Å². The summed E-state index contributed by atoms with van der Waals surface area (Å²) in [6.07, 6.45) is 59.3. The van der Waals surface area contributed by atoms with Gasteiger partial charge in [0.15, 0.2) is 6.10 Å². The fourth-order valence-corrected chi connectivity index (χ4v) is 8.06. The Bertz CT molecular complexity index is 1000. The lowest BCUT2D eigenvalue weighted by Crippen LogP contribution is -2.30. The number of ether oxygens (including phenoxy) is 3. The molecule has 0 bridgehead atoms. The second-order valence-corrected chi connectivity index (χ2v) is 18.5. The molecule has 364 valence electrons. The lowest BCUT2D eigenvalue weighted by Gasteiger charge is -2.18. The number of hydrogen-bond acceptors (Lipinski definition) is 6. The minimum Gasteiger partial charge on any atom is -0.462 e. The van der Waals surface area contributed by atoms with Crippen LogP contribution in [0.4, 0.5) is 0 Å². The Morgan fingerprint density at radius 2 is 0.581 bits per heavy atom. The molecule has 0 aliphatic carbocycles. The van der Waals surface area contributed by atoms with Gasteiger partial charge in [0, 0.05) is 19.3 Å². The van der Waals surface area contributed by atoms with Crippen molar-refractivity contribution in [3.05, 3.63) is 24.3 Å². The maximum Gasteiger partial charge on any atom is 0.306 e. The fraction of sp³-hybridized carbons (Fsp3) is 0.875. The maximum atomic E-state index is 12.7. The Labute approximate surface area is 385 Å². The molecule has 1 atom stereocenters. The smallest absolute Gasteiger partial charge is 0.306 e. The van der Waals surface area contributed by atoms with Crippen molar-refractivity contribution >= 4 is 17.9 Å². The minimum atomic E-state index is -0.771. The summed E-state index contributed by atoms with van der Waals surface area (Å²) in [5.74, 6) is -0.888. The molecule has 0 fully saturated rings. The van der Waals surface area contributed by atoms with Crippen LogP contribution in [0.5, 0.6) is 0 Å². The highest BCUT2D eigenvalue weighted by Crippen LogP contribution is 2.17. The van der Waals surface area contributed by atoms with E-state index in [1.165, 1.54) is 167 Å². The van der Waals surface area contributed by atoms with Gasteiger partial charge in [-0.05, 0) is 51.4 Å². The van der Waals surface area contributed by atoms with Crippen molar-refractivity contribution in [2.45, 2.75) is 303 Å². The minimum absolute atomic E-state index is 0.0735. The zero-order chi connectivity index (χ0) is 45.1. The van der Waals surface area contributed by atoms with Crippen LogP contribution in [0, 0.1) is 0 Å². The number of hydrogen-bond donors (Lipinski definition) is 0. The van der Waals surface area contributed by atoms with Crippen molar-refractivity contribution in [2.75, 3.05) is 13.2 Å². The molecule has 0 radical (unpaired) electrons. The number of unbranched alkanes of at least 4 members (excludes halogenated alkanes) is 35. The largest absolute Gasteiger partial charge is 0.462 e. The average Bonchev–Trinajstić information content (AvgIpc) is 3.27. The molecule has 0 spiro atoms. The third-order valence-corrected chi connectivity index (χ3v) is 12.2. The monoisotopic (exact) mass is 873 g/mol. The lowest BCUT2D eigenvalue weighted by molar-refractivity contribution is -0.167. The molecule has 0 aromatic heterocycles. The summed E-state index contributed by atoms with van der Waals surface area (Å²) in [5, 5.41) is 0. The molecule has 0 N–H and O–H groups in total. The van der Waals surface area contributed by atoms with Gasteiger partial charge in [-0.25, -0.2) is 0 Å². The van der Waals surface area contributed by atoms with Gasteiger partial charge in [0.25, 0.3) is 0 Å². The van der Waals surface area contributed by atoms with Crippen LogP contribution >= 0.6 is 0 Å². The van der Waals surface area contributed by atoms with Crippen LogP contribution in [0.1, 0.15) is 297 Å². The molecule has 0 aromatic carbocycles. The Kier molecular flexibility index (Phi) is 49.8. The molecule has 62 heavy (non-hydrogen) atoms. The highest BCUT2D eigenvalue weighted by molar-refractivity contribution is 5.71. The molecule has 0 aliphatic rings. The van der Waals surface area contributed by atoms with Gasteiger partial charge in [-0.1, -0.05) is 251 Å². The second-order valence-electron chi connectivity index (χ2n) is 18.5. The van der Waals surface area contributed by atoms with Crippen LogP contribution in [-0.2, 0) is 28.6 Å². The summed E-state index contributed by atoms with van der Waals surface area (Å²) in [7, 11) is 0. The summed E-state index contributed by atoms with van der Waals surface area (Å²) in [4.78, 5) is 37.7. The van der Waals surface area contributed by atoms with E-state index in [9.17, 15) is 14.4 Å². The molecule has 0 saturated carbocycles. The van der Waals surface area contributed by atoms with Crippen molar-refractivity contribution in [1.82, 2.24) is 0 Å². The summed E-state index contributed by atoms with van der Waals surface area (Å²) in [5.41, 5.74) is 0. The quantitative estimate of drug-likeness (QED) is 0.0262. The van der Waals surface area contributed by atoms with Crippen molar-refractivity contribution < 1.29 is 28.6 Å². The molecule has 0 rings (SSSR count). The molecular formula is C56H104O6. The van der Waals surface area contributed by atoms with Gasteiger partial charge < -0.3 is 14.2 Å². The fourth-order valence-electron chi connectivity index (χ4n) is 8.06. The van der Waals surface area contributed by atoms with E-state index in [2.05, 4.69) is 45.1 Å². The highest BCUT2D eigenvalue weighted by atomic mass is 16.6. The Hall–Kier alpha value is -2.11. The van der Waals surface area contributed by atoms with E-state index in [4.69, 9.17) is 14.2 Å². The van der Waals surface area contributed by atoms with Gasteiger partial charge in [0.1, 0.15) is 13.2 Å². The molecule has 0 aliphatic heterocycles. The lowest BCUT2D eigenvalue weighted by atomic mass is 10.0. The van der Waals surface area contributed by atoms with E-state index in [0.717, 1.165) is 89.9 Å². The van der Waals surface area contributed by atoms with E-state index < -0.39 is 6.10 Å². The average molecular weight is 873 g/mol. The third-order valence-electron chi connectivity index (χ3n) is 12.2. The summed E-state index contributed by atoms with van der Waals surface area (Å²) in [6.45, 7) is 6.55. The Morgan fingerprint density at radius 1 is 0.323 bits per heavy atom. The topological polar surface area (TPSA) is 78.9 Å².